The van der Waals surface area contributed by atoms with Gasteiger partial charge in [-0.25, -0.2) is 0 Å². The third-order valence-electron chi connectivity index (χ3n) is 4.12. The summed E-state index contributed by atoms with van der Waals surface area (Å²) >= 11 is 0. The molecule has 2 aliphatic heterocycles. The fourth-order valence-electron chi connectivity index (χ4n) is 2.84. The minimum atomic E-state index is -4.96. The molecule has 4 rings (SSSR count). The Bertz CT molecular complexity index is 1110. The highest BCUT2D eigenvalue weighted by Crippen LogP contribution is 2.35. The molecular weight excluding hydrogens is 450 g/mol. The molecule has 0 radical (unpaired) electrons. The molecule has 2 aliphatic rings. The Morgan fingerprint density at radius 3 is 1.81 bits per heavy atom. The van der Waals surface area contributed by atoms with E-state index in [0.29, 0.717) is 23.2 Å². The van der Waals surface area contributed by atoms with E-state index in [1.165, 1.54) is 18.3 Å². The van der Waals surface area contributed by atoms with Gasteiger partial charge in [0.1, 0.15) is 0 Å². The van der Waals surface area contributed by atoms with E-state index in [1.54, 1.807) is 6.21 Å². The molecule has 0 spiro atoms. The second-order valence-corrected chi connectivity index (χ2v) is 6.40. The number of nitrogens with zero attached hydrogens (tertiary/aromatic N) is 3. The summed E-state index contributed by atoms with van der Waals surface area (Å²) in [7, 11) is 0. The molecule has 0 bridgehead atoms. The Morgan fingerprint density at radius 1 is 0.844 bits per heavy atom. The maximum absolute atomic E-state index is 12.1. The second kappa shape index (κ2) is 8.36. The Balaban J connectivity index is 0.000000182. The van der Waals surface area contributed by atoms with E-state index in [0.717, 1.165) is 17.7 Å². The first-order chi connectivity index (χ1) is 14.8. The number of nitrogen functional groups attached to an aromatic ring is 1. The van der Waals surface area contributed by atoms with Crippen LogP contribution in [0.4, 0.5) is 37.7 Å². The monoisotopic (exact) mass is 462 g/mol. The number of aliphatic imine (C=N–C) groups is 2. The number of nitrogens with two attached hydrogens (primary N) is 1. The van der Waals surface area contributed by atoms with Crippen LogP contribution in [-0.4, -0.2) is 30.1 Å². The number of nitro benzene ring substituents is 1. The molecule has 170 valence electrons. The summed E-state index contributed by atoms with van der Waals surface area (Å²) in [4.78, 5) is 17.4. The predicted octanol–water partition coefficient (Wildman–Crippen LogP) is 4.53. The van der Waals surface area contributed by atoms with Crippen molar-refractivity contribution in [3.63, 3.8) is 0 Å². The van der Waals surface area contributed by atoms with Crippen molar-refractivity contribution in [1.29, 1.82) is 0 Å². The van der Waals surface area contributed by atoms with Crippen LogP contribution in [-0.2, 0) is 13.1 Å². The summed E-state index contributed by atoms with van der Waals surface area (Å²) in [5.74, 6) is -1.18. The van der Waals surface area contributed by atoms with Crippen LogP contribution in [0.15, 0.2) is 34.3 Å². The van der Waals surface area contributed by atoms with Crippen molar-refractivity contribution < 1.29 is 40.7 Å². The van der Waals surface area contributed by atoms with Crippen LogP contribution in [0.3, 0.4) is 0 Å². The summed E-state index contributed by atoms with van der Waals surface area (Å²) in [6.45, 7) is 0.561. The molecule has 14 heteroatoms. The molecule has 0 saturated heterocycles. The van der Waals surface area contributed by atoms with Gasteiger partial charge in [-0.2, -0.15) is 0 Å². The number of benzene rings is 2. The van der Waals surface area contributed by atoms with Crippen LogP contribution in [0.25, 0.3) is 0 Å². The largest absolute Gasteiger partial charge is 0.573 e. The quantitative estimate of drug-likeness (QED) is 0.312. The lowest BCUT2D eigenvalue weighted by atomic mass is 10.1. The zero-order chi connectivity index (χ0) is 23.7. The maximum atomic E-state index is 12.1. The average Bonchev–Trinajstić information content (AvgIpc) is 3.27. The van der Waals surface area contributed by atoms with E-state index in [4.69, 9.17) is 5.73 Å². The number of rotatable bonds is 3. The van der Waals surface area contributed by atoms with Gasteiger partial charge in [0.2, 0.25) is 5.75 Å². The van der Waals surface area contributed by atoms with Gasteiger partial charge in [-0.05, 0) is 34.9 Å². The fourth-order valence-corrected chi connectivity index (χ4v) is 2.84. The maximum Gasteiger partial charge on any atom is 0.573 e. The zero-order valence-electron chi connectivity index (χ0n) is 15.7. The van der Waals surface area contributed by atoms with Crippen LogP contribution < -0.4 is 15.2 Å². The number of ether oxygens (including phenoxy) is 2. The Labute approximate surface area is 175 Å². The summed E-state index contributed by atoms with van der Waals surface area (Å²) < 4.78 is 79.5. The van der Waals surface area contributed by atoms with Gasteiger partial charge in [0.25, 0.3) is 0 Å². The fraction of sp³-hybridized carbons (Fsp3) is 0.222. The Kier molecular flexibility index (Phi) is 5.96. The predicted molar refractivity (Wildman–Crippen MR) is 99.9 cm³/mol. The van der Waals surface area contributed by atoms with E-state index < -0.39 is 29.1 Å². The topological polar surface area (TPSA) is 112 Å². The molecule has 0 fully saturated rings. The van der Waals surface area contributed by atoms with Crippen molar-refractivity contribution in [2.75, 3.05) is 5.73 Å². The van der Waals surface area contributed by atoms with E-state index in [9.17, 15) is 36.5 Å². The van der Waals surface area contributed by atoms with Crippen LogP contribution in [0.2, 0.25) is 0 Å². The zero-order valence-corrected chi connectivity index (χ0v) is 15.7. The SMILES string of the molecule is Nc1cc2c(cc1OC(F)(F)F)CN=C2.O=[N+]([O-])c1cc2c(cc1OC(F)(F)F)CN=C2. The van der Waals surface area contributed by atoms with Gasteiger partial charge in [0.15, 0.2) is 5.75 Å². The highest BCUT2D eigenvalue weighted by Gasteiger charge is 2.35. The molecule has 32 heavy (non-hydrogen) atoms. The number of fused-ring (bicyclic) bond motifs is 2. The van der Waals surface area contributed by atoms with Gasteiger partial charge in [0, 0.05) is 24.1 Å². The first-order valence-corrected chi connectivity index (χ1v) is 8.57. The standard InChI is InChI=1S/C9H5F3N2O3.C9H7F3N2O/c10-9(11,12)17-8-2-6-4-13-3-5(6)1-7(8)14(15)16;10-9(11,12)15-8-2-6-4-14-3-5(6)1-7(8)13/h1-3H,4H2;1-3H,4,13H2. The first-order valence-electron chi connectivity index (χ1n) is 8.57. The highest BCUT2D eigenvalue weighted by atomic mass is 19.4. The van der Waals surface area contributed by atoms with Gasteiger partial charge in [0.05, 0.1) is 23.7 Å². The van der Waals surface area contributed by atoms with Gasteiger partial charge in [-0.15, -0.1) is 26.3 Å². The van der Waals surface area contributed by atoms with E-state index in [2.05, 4.69) is 19.5 Å². The Hall–Kier alpha value is -3.84. The number of hydrogen-bond acceptors (Lipinski definition) is 7. The van der Waals surface area contributed by atoms with Crippen LogP contribution >= 0.6 is 0 Å². The van der Waals surface area contributed by atoms with E-state index in [1.807, 2.05) is 0 Å². The van der Waals surface area contributed by atoms with Gasteiger partial charge >= 0.3 is 18.4 Å². The molecule has 2 aromatic carbocycles. The molecule has 2 heterocycles. The average molecular weight is 462 g/mol. The summed E-state index contributed by atoms with van der Waals surface area (Å²) in [5.41, 5.74) is 6.97. The van der Waals surface area contributed by atoms with E-state index >= 15 is 0 Å². The summed E-state index contributed by atoms with van der Waals surface area (Å²) in [6.07, 6.45) is -6.73. The third kappa shape index (κ3) is 5.65. The van der Waals surface area contributed by atoms with Crippen molar-refractivity contribution in [3.05, 3.63) is 56.6 Å². The molecule has 2 N–H and O–H groups in total. The lowest BCUT2D eigenvalue weighted by molar-refractivity contribution is -0.388. The lowest BCUT2D eigenvalue weighted by Crippen LogP contribution is -2.18. The first kappa shape index (κ1) is 22.8. The van der Waals surface area contributed by atoms with Gasteiger partial charge < -0.3 is 15.2 Å². The normalized spacial score (nSPS) is 13.8. The van der Waals surface area contributed by atoms with Crippen molar-refractivity contribution in [2.45, 2.75) is 25.8 Å². The molecule has 8 nitrogen and oxygen atoms in total. The molecule has 0 aliphatic carbocycles. The minimum Gasteiger partial charge on any atom is -0.404 e. The molecule has 2 aromatic rings. The van der Waals surface area contributed by atoms with Crippen molar-refractivity contribution in [3.8, 4) is 11.5 Å². The number of anilines is 1. The molecule has 0 saturated carbocycles. The molecule has 0 aromatic heterocycles. The number of hydrogen-bond donors (Lipinski definition) is 1. The molecule has 0 amide bonds. The van der Waals surface area contributed by atoms with Crippen molar-refractivity contribution in [1.82, 2.24) is 0 Å². The lowest BCUT2D eigenvalue weighted by Gasteiger charge is -2.12. The van der Waals surface area contributed by atoms with Gasteiger partial charge in [-0.1, -0.05) is 0 Å². The molecular formula is C18H12F6N4O4. The van der Waals surface area contributed by atoms with Crippen LogP contribution in [0.1, 0.15) is 22.3 Å². The third-order valence-corrected chi connectivity index (χ3v) is 4.12. The highest BCUT2D eigenvalue weighted by molar-refractivity contribution is 5.87. The number of halogens is 6. The smallest absolute Gasteiger partial charge is 0.404 e. The summed E-state index contributed by atoms with van der Waals surface area (Å²) in [5, 5.41) is 10.6. The summed E-state index contributed by atoms with van der Waals surface area (Å²) in [6, 6.07) is 4.71. The van der Waals surface area contributed by atoms with Crippen molar-refractivity contribution >= 4 is 23.8 Å². The van der Waals surface area contributed by atoms with E-state index in [-0.39, 0.29) is 18.0 Å². The number of nitro groups is 1. The van der Waals surface area contributed by atoms with Gasteiger partial charge in [-0.3, -0.25) is 20.1 Å². The molecule has 0 unspecified atom stereocenters. The minimum absolute atomic E-state index is 0.0422. The van der Waals surface area contributed by atoms with Crippen LogP contribution in [0, 0.1) is 10.1 Å². The second-order valence-electron chi connectivity index (χ2n) is 6.40. The van der Waals surface area contributed by atoms with Crippen LogP contribution in [0.5, 0.6) is 11.5 Å². The molecule has 0 atom stereocenters. The Morgan fingerprint density at radius 2 is 1.31 bits per heavy atom. The van der Waals surface area contributed by atoms with Crippen molar-refractivity contribution in [2.24, 2.45) is 9.98 Å². The number of alkyl halides is 6.